The Bertz CT molecular complexity index is 593. The molecule has 1 saturated heterocycles. The minimum absolute atomic E-state index is 0.142. The summed E-state index contributed by atoms with van der Waals surface area (Å²) in [5, 5.41) is 12.2. The van der Waals surface area contributed by atoms with Crippen molar-refractivity contribution in [2.24, 2.45) is 0 Å². The monoisotopic (exact) mass is 316 g/mol. The molecule has 1 fully saturated rings. The largest absolute Gasteiger partial charge is 0.491 e. The van der Waals surface area contributed by atoms with Gasteiger partial charge >= 0.3 is 12.2 Å². The molecule has 2 aliphatic heterocycles. The van der Waals surface area contributed by atoms with E-state index in [-0.39, 0.29) is 13.2 Å². The Hall–Kier alpha value is -1.96. The average Bonchev–Trinajstić information content (AvgIpc) is 3.04. The first-order valence-corrected chi connectivity index (χ1v) is 6.86. The van der Waals surface area contributed by atoms with E-state index in [4.69, 9.17) is 4.74 Å². The standard InChI is InChI=1S/C14H15F3N2O3/c15-14(16,17)13(21)5-6-19(8-13)12(20)18-10-7-22-11-4-2-1-3-9(10)11/h1-4,10,21H,5-8H2,(H,18,20)/t10-,13+/m1/s1. The minimum Gasteiger partial charge on any atom is -0.491 e. The summed E-state index contributed by atoms with van der Waals surface area (Å²) in [6, 6.07) is 6.12. The third-order valence-corrected chi connectivity index (χ3v) is 4.06. The van der Waals surface area contributed by atoms with Crippen molar-refractivity contribution in [2.45, 2.75) is 24.2 Å². The summed E-state index contributed by atoms with van der Waals surface area (Å²) in [4.78, 5) is 13.1. The lowest BCUT2D eigenvalue weighted by Crippen LogP contribution is -2.49. The molecule has 1 aromatic rings. The molecule has 1 aromatic carbocycles. The van der Waals surface area contributed by atoms with Crippen molar-refractivity contribution in [2.75, 3.05) is 19.7 Å². The van der Waals surface area contributed by atoms with Gasteiger partial charge in [-0.2, -0.15) is 13.2 Å². The van der Waals surface area contributed by atoms with Gasteiger partial charge in [-0.05, 0) is 6.07 Å². The molecule has 0 saturated carbocycles. The Balaban J connectivity index is 1.65. The molecule has 2 heterocycles. The number of likely N-dealkylation sites (tertiary alicyclic amines) is 1. The molecule has 120 valence electrons. The molecule has 2 aliphatic rings. The smallest absolute Gasteiger partial charge is 0.419 e. The Morgan fingerprint density at radius 3 is 2.82 bits per heavy atom. The highest BCUT2D eigenvalue weighted by molar-refractivity contribution is 5.75. The number of nitrogens with zero attached hydrogens (tertiary/aromatic N) is 1. The number of ether oxygens (including phenoxy) is 1. The first-order chi connectivity index (χ1) is 10.3. The number of amides is 2. The van der Waals surface area contributed by atoms with Gasteiger partial charge in [0.25, 0.3) is 0 Å². The van der Waals surface area contributed by atoms with Crippen molar-refractivity contribution in [3.05, 3.63) is 29.8 Å². The van der Waals surface area contributed by atoms with Crippen LogP contribution >= 0.6 is 0 Å². The highest BCUT2D eigenvalue weighted by atomic mass is 19.4. The number of halogens is 3. The number of urea groups is 1. The lowest BCUT2D eigenvalue weighted by molar-refractivity contribution is -0.253. The van der Waals surface area contributed by atoms with Crippen molar-refractivity contribution in [3.63, 3.8) is 0 Å². The van der Waals surface area contributed by atoms with Crippen LogP contribution in [0.2, 0.25) is 0 Å². The van der Waals surface area contributed by atoms with Gasteiger partial charge in [-0.1, -0.05) is 18.2 Å². The fourth-order valence-corrected chi connectivity index (χ4v) is 2.72. The van der Waals surface area contributed by atoms with Crippen molar-refractivity contribution in [1.29, 1.82) is 0 Å². The molecule has 2 amide bonds. The van der Waals surface area contributed by atoms with Gasteiger partial charge in [0.05, 0.1) is 12.6 Å². The van der Waals surface area contributed by atoms with E-state index in [0.29, 0.717) is 5.75 Å². The second kappa shape index (κ2) is 5.05. The van der Waals surface area contributed by atoms with Gasteiger partial charge in [0, 0.05) is 18.5 Å². The maximum absolute atomic E-state index is 12.8. The number of carbonyl (C=O) groups is 1. The second-order valence-corrected chi connectivity index (χ2v) is 5.55. The van der Waals surface area contributed by atoms with Crippen LogP contribution in [-0.4, -0.2) is 47.5 Å². The third-order valence-electron chi connectivity index (χ3n) is 4.06. The van der Waals surface area contributed by atoms with E-state index in [9.17, 15) is 23.1 Å². The molecule has 5 nitrogen and oxygen atoms in total. The summed E-state index contributed by atoms with van der Waals surface area (Å²) in [5.41, 5.74) is -2.03. The summed E-state index contributed by atoms with van der Waals surface area (Å²) in [7, 11) is 0. The van der Waals surface area contributed by atoms with Crippen LogP contribution in [0.25, 0.3) is 0 Å². The van der Waals surface area contributed by atoms with Crippen LogP contribution < -0.4 is 10.1 Å². The summed E-state index contributed by atoms with van der Waals surface area (Å²) in [6.07, 6.45) is -5.26. The molecule has 0 unspecified atom stereocenters. The Morgan fingerprint density at radius 1 is 1.41 bits per heavy atom. The zero-order valence-corrected chi connectivity index (χ0v) is 11.6. The van der Waals surface area contributed by atoms with Gasteiger partial charge in [0.1, 0.15) is 12.4 Å². The fourth-order valence-electron chi connectivity index (χ4n) is 2.72. The normalized spacial score (nSPS) is 27.5. The zero-order valence-electron chi connectivity index (χ0n) is 11.6. The molecule has 0 radical (unpaired) electrons. The minimum atomic E-state index is -4.74. The molecule has 0 aliphatic carbocycles. The molecule has 0 bridgehead atoms. The Morgan fingerprint density at radius 2 is 2.14 bits per heavy atom. The molecule has 22 heavy (non-hydrogen) atoms. The quantitative estimate of drug-likeness (QED) is 0.831. The topological polar surface area (TPSA) is 61.8 Å². The number of alkyl halides is 3. The van der Waals surface area contributed by atoms with Crippen LogP contribution in [-0.2, 0) is 0 Å². The van der Waals surface area contributed by atoms with Gasteiger partial charge in [0.2, 0.25) is 0 Å². The molecule has 2 atom stereocenters. The third kappa shape index (κ3) is 2.47. The predicted molar refractivity (Wildman–Crippen MR) is 70.4 cm³/mol. The van der Waals surface area contributed by atoms with E-state index in [0.717, 1.165) is 10.5 Å². The number of hydrogen-bond acceptors (Lipinski definition) is 3. The number of nitrogens with one attached hydrogen (secondary N) is 1. The maximum atomic E-state index is 12.8. The van der Waals surface area contributed by atoms with E-state index < -0.39 is 36.8 Å². The second-order valence-electron chi connectivity index (χ2n) is 5.55. The first kappa shape index (κ1) is 15.0. The molecule has 0 spiro atoms. The fraction of sp³-hybridized carbons (Fsp3) is 0.500. The number of β-amino-alcohol motifs (C(OH)–C–C–N with tert-alkyl or cyclic N) is 1. The van der Waals surface area contributed by atoms with Crippen molar-refractivity contribution < 1.29 is 27.8 Å². The van der Waals surface area contributed by atoms with Gasteiger partial charge in [-0.15, -0.1) is 0 Å². The van der Waals surface area contributed by atoms with Crippen LogP contribution in [0.15, 0.2) is 24.3 Å². The first-order valence-electron chi connectivity index (χ1n) is 6.86. The van der Waals surface area contributed by atoms with E-state index in [2.05, 4.69) is 5.32 Å². The van der Waals surface area contributed by atoms with E-state index in [1.807, 2.05) is 0 Å². The van der Waals surface area contributed by atoms with Crippen LogP contribution in [0, 0.1) is 0 Å². The van der Waals surface area contributed by atoms with Gasteiger partial charge in [-0.25, -0.2) is 4.79 Å². The van der Waals surface area contributed by atoms with E-state index in [1.54, 1.807) is 24.3 Å². The van der Waals surface area contributed by atoms with Crippen LogP contribution in [0.4, 0.5) is 18.0 Å². The van der Waals surface area contributed by atoms with Gasteiger partial charge in [0.15, 0.2) is 5.60 Å². The number of hydrogen-bond donors (Lipinski definition) is 2. The molecular weight excluding hydrogens is 301 g/mol. The van der Waals surface area contributed by atoms with Crippen molar-refractivity contribution in [1.82, 2.24) is 10.2 Å². The number of fused-ring (bicyclic) bond motifs is 1. The summed E-state index contributed by atoms with van der Waals surface area (Å²) >= 11 is 0. The Labute approximate surface area is 124 Å². The molecule has 2 N–H and O–H groups in total. The summed E-state index contributed by atoms with van der Waals surface area (Å²) in [5.74, 6) is 0.654. The number of rotatable bonds is 1. The predicted octanol–water partition coefficient (Wildman–Crippen LogP) is 1.83. The molecule has 0 aromatic heterocycles. The molecular formula is C14H15F3N2O3. The van der Waals surface area contributed by atoms with E-state index >= 15 is 0 Å². The van der Waals surface area contributed by atoms with Crippen LogP contribution in [0.5, 0.6) is 5.75 Å². The number of aliphatic hydroxyl groups is 1. The molecule has 8 heteroatoms. The number of benzene rings is 1. The number of carbonyl (C=O) groups excluding carboxylic acids is 1. The Kier molecular flexibility index (Phi) is 3.43. The average molecular weight is 316 g/mol. The number of para-hydroxylation sites is 1. The van der Waals surface area contributed by atoms with Crippen molar-refractivity contribution >= 4 is 6.03 Å². The summed E-state index contributed by atoms with van der Waals surface area (Å²) in [6.45, 7) is -0.656. The van der Waals surface area contributed by atoms with E-state index in [1.165, 1.54) is 0 Å². The van der Waals surface area contributed by atoms with Crippen LogP contribution in [0.1, 0.15) is 18.0 Å². The van der Waals surface area contributed by atoms with Gasteiger partial charge < -0.3 is 20.1 Å². The van der Waals surface area contributed by atoms with Gasteiger partial charge in [-0.3, -0.25) is 0 Å². The lowest BCUT2D eigenvalue weighted by Gasteiger charge is -2.26. The van der Waals surface area contributed by atoms with Crippen molar-refractivity contribution in [3.8, 4) is 5.75 Å². The SMILES string of the molecule is O=C(N[C@@H]1COc2ccccc21)N1CC[C@@](O)(C(F)(F)F)C1. The van der Waals surface area contributed by atoms with Crippen LogP contribution in [0.3, 0.4) is 0 Å². The maximum Gasteiger partial charge on any atom is 0.419 e. The highest BCUT2D eigenvalue weighted by Crippen LogP contribution is 2.38. The zero-order chi connectivity index (χ0) is 16.0. The molecule has 3 rings (SSSR count). The summed E-state index contributed by atoms with van der Waals surface area (Å²) < 4.78 is 43.7. The highest BCUT2D eigenvalue weighted by Gasteiger charge is 2.57. The lowest BCUT2D eigenvalue weighted by atomic mass is 10.0.